The largest absolute Gasteiger partial charge is 0.464 e. The van der Waals surface area contributed by atoms with Crippen LogP contribution in [0.15, 0.2) is 0 Å². The summed E-state index contributed by atoms with van der Waals surface area (Å²) in [5, 5.41) is 9.09. The van der Waals surface area contributed by atoms with E-state index < -0.39 is 0 Å². The fourth-order valence-electron chi connectivity index (χ4n) is 1.86. The van der Waals surface area contributed by atoms with E-state index in [1.807, 2.05) is 11.8 Å². The first kappa shape index (κ1) is 11.8. The lowest BCUT2D eigenvalue weighted by molar-refractivity contribution is 0.238. The Morgan fingerprint density at radius 2 is 2.29 bits per heavy atom. The maximum absolute atomic E-state index is 9.09. The van der Waals surface area contributed by atoms with Crippen molar-refractivity contribution in [2.24, 2.45) is 5.92 Å². The van der Waals surface area contributed by atoms with Crippen LogP contribution in [0, 0.1) is 5.92 Å². The molecule has 1 unspecified atom stereocenters. The highest BCUT2D eigenvalue weighted by molar-refractivity contribution is 5.37. The van der Waals surface area contributed by atoms with Crippen LogP contribution in [0.1, 0.15) is 13.3 Å². The summed E-state index contributed by atoms with van der Waals surface area (Å²) in [6.45, 7) is 4.10. The molecule has 1 aliphatic rings. The molecule has 7 nitrogen and oxygen atoms in total. The van der Waals surface area contributed by atoms with E-state index in [-0.39, 0.29) is 24.5 Å². The normalized spacial score (nSPS) is 19.6. The number of aliphatic hydroxyl groups is 1. The maximum Gasteiger partial charge on any atom is 0.323 e. The molecule has 0 spiro atoms. The molecular weight excluding hydrogens is 222 g/mol. The molecule has 2 rings (SSSR count). The minimum atomic E-state index is 0.158. The van der Waals surface area contributed by atoms with Crippen LogP contribution in [0.4, 0.5) is 11.9 Å². The summed E-state index contributed by atoms with van der Waals surface area (Å²) >= 11 is 0. The molecule has 1 aromatic rings. The first-order valence-corrected chi connectivity index (χ1v) is 5.73. The van der Waals surface area contributed by atoms with Crippen molar-refractivity contribution in [2.45, 2.75) is 13.3 Å². The van der Waals surface area contributed by atoms with Crippen LogP contribution in [0.5, 0.6) is 6.01 Å². The molecule has 2 heterocycles. The minimum absolute atomic E-state index is 0.158. The lowest BCUT2D eigenvalue weighted by atomic mass is 10.1. The Morgan fingerprint density at radius 1 is 1.47 bits per heavy atom. The molecule has 3 N–H and O–H groups in total. The number of nitrogens with zero attached hydrogens (tertiary/aromatic N) is 4. The fourth-order valence-corrected chi connectivity index (χ4v) is 1.86. The number of aromatic nitrogens is 3. The zero-order chi connectivity index (χ0) is 12.3. The number of hydrogen-bond donors (Lipinski definition) is 2. The maximum atomic E-state index is 9.09. The molecule has 1 saturated heterocycles. The topological polar surface area (TPSA) is 97.4 Å². The van der Waals surface area contributed by atoms with Gasteiger partial charge in [-0.25, -0.2) is 0 Å². The SMILES string of the molecule is CCOc1nc(N)nc(N2CCC(CO)C2)n1. The monoisotopic (exact) mass is 239 g/mol. The van der Waals surface area contributed by atoms with Gasteiger partial charge in [0.2, 0.25) is 11.9 Å². The van der Waals surface area contributed by atoms with E-state index in [4.69, 9.17) is 15.6 Å². The van der Waals surface area contributed by atoms with E-state index in [1.165, 1.54) is 0 Å². The minimum Gasteiger partial charge on any atom is -0.464 e. The van der Waals surface area contributed by atoms with Gasteiger partial charge in [-0.2, -0.15) is 15.0 Å². The summed E-state index contributed by atoms with van der Waals surface area (Å²) < 4.78 is 5.22. The van der Waals surface area contributed by atoms with Gasteiger partial charge in [-0.1, -0.05) is 0 Å². The Kier molecular flexibility index (Phi) is 3.58. The number of rotatable bonds is 4. The van der Waals surface area contributed by atoms with Gasteiger partial charge in [-0.05, 0) is 13.3 Å². The molecule has 0 saturated carbocycles. The van der Waals surface area contributed by atoms with Crippen molar-refractivity contribution in [3.63, 3.8) is 0 Å². The van der Waals surface area contributed by atoms with Crippen LogP contribution < -0.4 is 15.4 Å². The number of aliphatic hydroxyl groups excluding tert-OH is 1. The Hall–Kier alpha value is -1.63. The van der Waals surface area contributed by atoms with Crippen LogP contribution >= 0.6 is 0 Å². The summed E-state index contributed by atoms with van der Waals surface area (Å²) in [6.07, 6.45) is 0.937. The molecule has 94 valence electrons. The average molecular weight is 239 g/mol. The molecule has 17 heavy (non-hydrogen) atoms. The lowest BCUT2D eigenvalue weighted by Gasteiger charge is -2.16. The van der Waals surface area contributed by atoms with E-state index in [0.717, 1.165) is 19.5 Å². The Bertz CT molecular complexity index is 387. The summed E-state index contributed by atoms with van der Waals surface area (Å²) in [6, 6.07) is 0.252. The van der Waals surface area contributed by atoms with E-state index >= 15 is 0 Å². The zero-order valence-electron chi connectivity index (χ0n) is 9.83. The third-order valence-corrected chi connectivity index (χ3v) is 2.72. The van der Waals surface area contributed by atoms with Crippen LogP contribution in [0.2, 0.25) is 0 Å². The zero-order valence-corrected chi connectivity index (χ0v) is 9.83. The number of anilines is 2. The van der Waals surface area contributed by atoms with Crippen molar-refractivity contribution < 1.29 is 9.84 Å². The molecule has 7 heteroatoms. The van der Waals surface area contributed by atoms with Gasteiger partial charge in [-0.15, -0.1) is 0 Å². The number of nitrogens with two attached hydrogens (primary N) is 1. The van der Waals surface area contributed by atoms with Crippen molar-refractivity contribution in [2.75, 3.05) is 36.9 Å². The van der Waals surface area contributed by atoms with Crippen molar-refractivity contribution >= 4 is 11.9 Å². The Balaban J connectivity index is 2.15. The number of hydrogen-bond acceptors (Lipinski definition) is 7. The van der Waals surface area contributed by atoms with Gasteiger partial charge in [0.25, 0.3) is 0 Å². The van der Waals surface area contributed by atoms with Crippen LogP contribution in [0.25, 0.3) is 0 Å². The standard InChI is InChI=1S/C10H17N5O2/c1-2-17-10-13-8(11)12-9(14-10)15-4-3-7(5-15)6-16/h7,16H,2-6H2,1H3,(H2,11,12,13,14). The summed E-state index contributed by atoms with van der Waals surface area (Å²) in [5.74, 6) is 0.964. The van der Waals surface area contributed by atoms with E-state index in [9.17, 15) is 0 Å². The third-order valence-electron chi connectivity index (χ3n) is 2.72. The smallest absolute Gasteiger partial charge is 0.323 e. The molecule has 1 aromatic heterocycles. The predicted molar refractivity (Wildman–Crippen MR) is 62.8 cm³/mol. The van der Waals surface area contributed by atoms with Crippen LogP contribution in [0.3, 0.4) is 0 Å². The Morgan fingerprint density at radius 3 is 2.94 bits per heavy atom. The molecule has 0 bridgehead atoms. The molecule has 1 fully saturated rings. The van der Waals surface area contributed by atoms with Gasteiger partial charge in [0.15, 0.2) is 0 Å². The van der Waals surface area contributed by atoms with Gasteiger partial charge in [-0.3, -0.25) is 0 Å². The second-order valence-electron chi connectivity index (χ2n) is 3.99. The molecule has 0 aromatic carbocycles. The lowest BCUT2D eigenvalue weighted by Crippen LogP contribution is -2.23. The van der Waals surface area contributed by atoms with E-state index in [2.05, 4.69) is 15.0 Å². The van der Waals surface area contributed by atoms with Crippen molar-refractivity contribution in [3.05, 3.63) is 0 Å². The van der Waals surface area contributed by atoms with Crippen molar-refractivity contribution in [1.82, 2.24) is 15.0 Å². The van der Waals surface area contributed by atoms with Gasteiger partial charge in [0.05, 0.1) is 6.61 Å². The van der Waals surface area contributed by atoms with E-state index in [0.29, 0.717) is 12.6 Å². The highest BCUT2D eigenvalue weighted by Gasteiger charge is 2.24. The second-order valence-corrected chi connectivity index (χ2v) is 3.99. The molecule has 0 amide bonds. The fraction of sp³-hybridized carbons (Fsp3) is 0.700. The first-order chi connectivity index (χ1) is 8.22. The molecule has 1 aliphatic heterocycles. The number of ether oxygens (including phenoxy) is 1. The summed E-state index contributed by atoms with van der Waals surface area (Å²) in [5.41, 5.74) is 5.61. The van der Waals surface area contributed by atoms with Gasteiger partial charge < -0.3 is 20.5 Å². The molecule has 1 atom stereocenters. The highest BCUT2D eigenvalue weighted by atomic mass is 16.5. The predicted octanol–water partition coefficient (Wildman–Crippen LogP) is -0.329. The highest BCUT2D eigenvalue weighted by Crippen LogP contribution is 2.21. The summed E-state index contributed by atoms with van der Waals surface area (Å²) in [7, 11) is 0. The van der Waals surface area contributed by atoms with Crippen LogP contribution in [-0.2, 0) is 0 Å². The third kappa shape index (κ3) is 2.73. The van der Waals surface area contributed by atoms with Gasteiger partial charge in [0.1, 0.15) is 0 Å². The summed E-state index contributed by atoms with van der Waals surface area (Å²) in [4.78, 5) is 14.2. The van der Waals surface area contributed by atoms with Crippen molar-refractivity contribution in [3.8, 4) is 6.01 Å². The van der Waals surface area contributed by atoms with Crippen LogP contribution in [-0.4, -0.2) is 46.4 Å². The average Bonchev–Trinajstić information content (AvgIpc) is 2.77. The Labute approximate surface area is 99.6 Å². The second kappa shape index (κ2) is 5.13. The van der Waals surface area contributed by atoms with Gasteiger partial charge in [0, 0.05) is 25.6 Å². The van der Waals surface area contributed by atoms with Crippen molar-refractivity contribution in [1.29, 1.82) is 0 Å². The molecular formula is C10H17N5O2. The number of nitrogen functional groups attached to an aromatic ring is 1. The molecule has 0 radical (unpaired) electrons. The van der Waals surface area contributed by atoms with E-state index in [1.54, 1.807) is 0 Å². The van der Waals surface area contributed by atoms with Gasteiger partial charge >= 0.3 is 6.01 Å². The first-order valence-electron chi connectivity index (χ1n) is 5.73. The quantitative estimate of drug-likeness (QED) is 0.742. The molecule has 0 aliphatic carbocycles.